The monoisotopic (exact) mass is 367 g/mol. The van der Waals surface area contributed by atoms with Crippen LogP contribution in [0, 0.1) is 0 Å². The number of piperidine rings is 1. The third-order valence-corrected chi connectivity index (χ3v) is 5.37. The fourth-order valence-electron chi connectivity index (χ4n) is 2.72. The lowest BCUT2D eigenvalue weighted by Gasteiger charge is -2.32. The molecule has 1 aliphatic rings. The van der Waals surface area contributed by atoms with Crippen molar-refractivity contribution in [2.45, 2.75) is 45.6 Å². The van der Waals surface area contributed by atoms with Gasteiger partial charge in [-0.25, -0.2) is 9.78 Å². The lowest BCUT2D eigenvalue weighted by atomic mass is 10.1. The number of carbonyl (C=O) groups excluding carboxylic acids is 1. The van der Waals surface area contributed by atoms with E-state index in [1.807, 2.05) is 13.1 Å². The van der Waals surface area contributed by atoms with E-state index in [1.54, 1.807) is 23.3 Å². The standard InChI is InChI=1S/C17H29N5O2S/c1-4-14-12-20-15(25-14)6-9-19-16(18-3)21-13-7-10-22(11-8-13)17(23)24-5-2/h12-13H,4-11H2,1-3H3,(H2,18,19,21). The molecule has 2 rings (SSSR count). The molecule has 8 heteroatoms. The molecule has 2 N–H and O–H groups in total. The number of guanidine groups is 1. The molecular weight excluding hydrogens is 338 g/mol. The van der Waals surface area contributed by atoms with Gasteiger partial charge in [0, 0.05) is 50.2 Å². The van der Waals surface area contributed by atoms with Crippen LogP contribution in [0.25, 0.3) is 0 Å². The Morgan fingerprint density at radius 2 is 2.20 bits per heavy atom. The third-order valence-electron chi connectivity index (χ3n) is 4.17. The molecule has 0 atom stereocenters. The van der Waals surface area contributed by atoms with Crippen LogP contribution in [0.4, 0.5) is 4.79 Å². The number of likely N-dealkylation sites (tertiary alicyclic amines) is 1. The SMILES string of the molecule is CCOC(=O)N1CCC(NC(=NC)NCCc2ncc(CC)s2)CC1. The number of nitrogens with one attached hydrogen (secondary N) is 2. The number of aryl methyl sites for hydroxylation is 1. The smallest absolute Gasteiger partial charge is 0.409 e. The van der Waals surface area contributed by atoms with E-state index in [0.717, 1.165) is 43.2 Å². The van der Waals surface area contributed by atoms with Crippen LogP contribution < -0.4 is 10.6 Å². The van der Waals surface area contributed by atoms with Crippen molar-refractivity contribution in [2.24, 2.45) is 4.99 Å². The number of thiazole rings is 1. The number of hydrogen-bond donors (Lipinski definition) is 2. The van der Waals surface area contributed by atoms with Crippen LogP contribution in [-0.4, -0.2) is 61.3 Å². The number of hydrogen-bond acceptors (Lipinski definition) is 5. The lowest BCUT2D eigenvalue weighted by molar-refractivity contribution is 0.0963. The molecule has 140 valence electrons. The van der Waals surface area contributed by atoms with E-state index in [-0.39, 0.29) is 6.09 Å². The minimum absolute atomic E-state index is 0.210. The molecule has 2 heterocycles. The highest BCUT2D eigenvalue weighted by atomic mass is 32.1. The first-order chi connectivity index (χ1) is 12.2. The molecule has 1 saturated heterocycles. The Balaban J connectivity index is 1.69. The van der Waals surface area contributed by atoms with E-state index in [0.29, 0.717) is 25.7 Å². The summed E-state index contributed by atoms with van der Waals surface area (Å²) in [5, 5.41) is 7.95. The molecule has 7 nitrogen and oxygen atoms in total. The second kappa shape index (κ2) is 10.2. The molecule has 1 aromatic heterocycles. The number of nitrogens with zero attached hydrogens (tertiary/aromatic N) is 3. The normalized spacial score (nSPS) is 16.0. The van der Waals surface area contributed by atoms with Crippen molar-refractivity contribution in [3.05, 3.63) is 16.1 Å². The van der Waals surface area contributed by atoms with Crippen LogP contribution in [-0.2, 0) is 17.6 Å². The van der Waals surface area contributed by atoms with Gasteiger partial charge in [-0.3, -0.25) is 4.99 Å². The van der Waals surface area contributed by atoms with E-state index in [4.69, 9.17) is 4.74 Å². The second-order valence-corrected chi connectivity index (χ2v) is 7.13. The topological polar surface area (TPSA) is 78.8 Å². The van der Waals surface area contributed by atoms with Crippen LogP contribution in [0.1, 0.15) is 36.6 Å². The molecule has 0 unspecified atom stereocenters. The first-order valence-corrected chi connectivity index (χ1v) is 9.80. The van der Waals surface area contributed by atoms with Gasteiger partial charge < -0.3 is 20.3 Å². The Bertz CT molecular complexity index is 567. The van der Waals surface area contributed by atoms with Crippen LogP contribution >= 0.6 is 11.3 Å². The van der Waals surface area contributed by atoms with Gasteiger partial charge >= 0.3 is 6.09 Å². The number of ether oxygens (including phenoxy) is 1. The first-order valence-electron chi connectivity index (χ1n) is 8.98. The van der Waals surface area contributed by atoms with Crippen LogP contribution in [0.2, 0.25) is 0 Å². The largest absolute Gasteiger partial charge is 0.450 e. The maximum atomic E-state index is 11.7. The quantitative estimate of drug-likeness (QED) is 0.594. The van der Waals surface area contributed by atoms with Crippen molar-refractivity contribution in [3.8, 4) is 0 Å². The molecule has 0 radical (unpaired) electrons. The highest BCUT2D eigenvalue weighted by Crippen LogP contribution is 2.13. The Hall–Kier alpha value is -1.83. The highest BCUT2D eigenvalue weighted by molar-refractivity contribution is 7.11. The van der Waals surface area contributed by atoms with Crippen LogP contribution in [0.15, 0.2) is 11.2 Å². The molecule has 1 aliphatic heterocycles. The van der Waals surface area contributed by atoms with Crippen molar-refractivity contribution in [1.82, 2.24) is 20.5 Å². The summed E-state index contributed by atoms with van der Waals surface area (Å²) in [6.07, 6.45) is 5.48. The van der Waals surface area contributed by atoms with Gasteiger partial charge in [-0.2, -0.15) is 0 Å². The third kappa shape index (κ3) is 6.19. The second-order valence-electron chi connectivity index (χ2n) is 5.93. The molecule has 0 saturated carbocycles. The summed E-state index contributed by atoms with van der Waals surface area (Å²) in [6.45, 7) is 6.63. The van der Waals surface area contributed by atoms with Gasteiger partial charge in [-0.1, -0.05) is 6.92 Å². The van der Waals surface area contributed by atoms with Gasteiger partial charge in [0.25, 0.3) is 0 Å². The summed E-state index contributed by atoms with van der Waals surface area (Å²) in [7, 11) is 1.78. The fourth-order valence-corrected chi connectivity index (χ4v) is 3.59. The van der Waals surface area contributed by atoms with E-state index in [1.165, 1.54) is 4.88 Å². The van der Waals surface area contributed by atoms with E-state index in [9.17, 15) is 4.79 Å². The molecule has 25 heavy (non-hydrogen) atoms. The number of aliphatic imine (C=N–C) groups is 1. The van der Waals surface area contributed by atoms with Gasteiger partial charge in [-0.15, -0.1) is 11.3 Å². The predicted molar refractivity (Wildman–Crippen MR) is 101 cm³/mol. The highest BCUT2D eigenvalue weighted by Gasteiger charge is 2.23. The van der Waals surface area contributed by atoms with Crippen LogP contribution in [0.5, 0.6) is 0 Å². The van der Waals surface area contributed by atoms with Crippen molar-refractivity contribution in [3.63, 3.8) is 0 Å². The number of amides is 1. The minimum atomic E-state index is -0.210. The van der Waals surface area contributed by atoms with Gasteiger partial charge in [-0.05, 0) is 26.2 Å². The predicted octanol–water partition coefficient (Wildman–Crippen LogP) is 2.03. The van der Waals surface area contributed by atoms with Crippen molar-refractivity contribution >= 4 is 23.4 Å². The van der Waals surface area contributed by atoms with Gasteiger partial charge in [0.2, 0.25) is 0 Å². The Labute approximate surface area is 153 Å². The number of aromatic nitrogens is 1. The molecule has 0 spiro atoms. The van der Waals surface area contributed by atoms with Gasteiger partial charge in [0.15, 0.2) is 5.96 Å². The molecule has 0 aromatic carbocycles. The van der Waals surface area contributed by atoms with Gasteiger partial charge in [0.1, 0.15) is 0 Å². The zero-order valence-corrected chi connectivity index (χ0v) is 16.2. The Morgan fingerprint density at radius 3 is 2.80 bits per heavy atom. The zero-order valence-electron chi connectivity index (χ0n) is 15.4. The average Bonchev–Trinajstić information content (AvgIpc) is 3.09. The number of rotatable bonds is 6. The molecule has 0 aliphatic carbocycles. The number of carbonyl (C=O) groups is 1. The van der Waals surface area contributed by atoms with Crippen molar-refractivity contribution in [1.29, 1.82) is 0 Å². The zero-order chi connectivity index (χ0) is 18.1. The minimum Gasteiger partial charge on any atom is -0.450 e. The van der Waals surface area contributed by atoms with E-state index < -0.39 is 0 Å². The Morgan fingerprint density at radius 1 is 1.44 bits per heavy atom. The first kappa shape index (κ1) is 19.5. The average molecular weight is 368 g/mol. The van der Waals surface area contributed by atoms with Gasteiger partial charge in [0.05, 0.1) is 11.6 Å². The lowest BCUT2D eigenvalue weighted by Crippen LogP contribution is -2.50. The van der Waals surface area contributed by atoms with E-state index in [2.05, 4.69) is 27.5 Å². The maximum absolute atomic E-state index is 11.7. The van der Waals surface area contributed by atoms with E-state index >= 15 is 0 Å². The molecule has 1 aromatic rings. The summed E-state index contributed by atoms with van der Waals surface area (Å²) in [5.74, 6) is 0.807. The Kier molecular flexibility index (Phi) is 7.97. The summed E-state index contributed by atoms with van der Waals surface area (Å²) in [5.41, 5.74) is 0. The molecule has 1 fully saturated rings. The summed E-state index contributed by atoms with van der Waals surface area (Å²) < 4.78 is 5.05. The molecule has 0 bridgehead atoms. The summed E-state index contributed by atoms with van der Waals surface area (Å²) >= 11 is 1.77. The fraction of sp³-hybridized carbons (Fsp3) is 0.706. The molecule has 1 amide bonds. The summed E-state index contributed by atoms with van der Waals surface area (Å²) in [6, 6.07) is 0.323. The van der Waals surface area contributed by atoms with Crippen LogP contribution in [0.3, 0.4) is 0 Å². The molecular formula is C17H29N5O2S. The maximum Gasteiger partial charge on any atom is 0.409 e. The van der Waals surface area contributed by atoms with Crippen molar-refractivity contribution < 1.29 is 9.53 Å². The summed E-state index contributed by atoms with van der Waals surface area (Å²) in [4.78, 5) is 23.5. The van der Waals surface area contributed by atoms with Crippen molar-refractivity contribution in [2.75, 3.05) is 33.3 Å².